The number of hydrogen-bond donors (Lipinski definition) is 1. The van der Waals surface area contributed by atoms with E-state index in [4.69, 9.17) is 14.4 Å². The van der Waals surface area contributed by atoms with Crippen LogP contribution in [-0.4, -0.2) is 51.7 Å². The van der Waals surface area contributed by atoms with E-state index in [1.165, 1.54) is 0 Å². The van der Waals surface area contributed by atoms with Crippen LogP contribution in [0.3, 0.4) is 0 Å². The number of amides is 2. The predicted octanol–water partition coefficient (Wildman–Crippen LogP) is 3.84. The van der Waals surface area contributed by atoms with Crippen molar-refractivity contribution in [3.8, 4) is 0 Å². The van der Waals surface area contributed by atoms with Crippen molar-refractivity contribution in [2.45, 2.75) is 52.1 Å². The van der Waals surface area contributed by atoms with E-state index in [0.717, 1.165) is 59.3 Å². The lowest BCUT2D eigenvalue weighted by Crippen LogP contribution is -2.40. The molecule has 1 unspecified atom stereocenters. The third kappa shape index (κ3) is 3.73. The molecule has 0 bridgehead atoms. The molecular formula is C25H29N5O3. The van der Waals surface area contributed by atoms with E-state index in [1.807, 2.05) is 43.1 Å². The number of hydrogen-bond acceptors (Lipinski definition) is 6. The summed E-state index contributed by atoms with van der Waals surface area (Å²) >= 11 is 0. The number of benzene rings is 1. The second kappa shape index (κ2) is 8.50. The Labute approximate surface area is 193 Å². The van der Waals surface area contributed by atoms with Crippen LogP contribution in [0.1, 0.15) is 65.4 Å². The Morgan fingerprint density at radius 2 is 1.97 bits per heavy atom. The van der Waals surface area contributed by atoms with Crippen LogP contribution >= 0.6 is 0 Å². The average molecular weight is 448 g/mol. The molecule has 0 spiro atoms. The Bertz CT molecular complexity index is 1230. The van der Waals surface area contributed by atoms with E-state index in [-0.39, 0.29) is 17.9 Å². The van der Waals surface area contributed by atoms with Crippen molar-refractivity contribution in [1.29, 1.82) is 0 Å². The number of nitrogens with one attached hydrogen (secondary N) is 1. The second-order valence-corrected chi connectivity index (χ2v) is 8.86. The van der Waals surface area contributed by atoms with E-state index in [9.17, 15) is 9.59 Å². The van der Waals surface area contributed by atoms with Crippen LogP contribution in [0.5, 0.6) is 0 Å². The zero-order valence-electron chi connectivity index (χ0n) is 19.4. The van der Waals surface area contributed by atoms with E-state index in [1.54, 1.807) is 11.8 Å². The molecule has 8 heteroatoms. The van der Waals surface area contributed by atoms with Crippen LogP contribution in [-0.2, 0) is 17.8 Å². The first-order valence-corrected chi connectivity index (χ1v) is 11.6. The molecule has 4 heterocycles. The maximum absolute atomic E-state index is 13.7. The molecule has 0 aliphatic carbocycles. The molecule has 0 saturated carbocycles. The molecule has 1 N–H and O–H groups in total. The Hall–Kier alpha value is -3.42. The fraction of sp³-hybridized carbons (Fsp3) is 0.440. The molecule has 1 fully saturated rings. The Kier molecular flexibility index (Phi) is 5.52. The number of likely N-dealkylation sites (tertiary alicyclic amines) is 1. The molecule has 172 valence electrons. The van der Waals surface area contributed by atoms with Crippen LogP contribution in [0.25, 0.3) is 11.0 Å². The number of para-hydroxylation sites is 1. The Morgan fingerprint density at radius 3 is 2.73 bits per heavy atom. The number of anilines is 1. The number of rotatable bonds is 3. The van der Waals surface area contributed by atoms with Gasteiger partial charge in [0.05, 0.1) is 18.3 Å². The summed E-state index contributed by atoms with van der Waals surface area (Å²) in [6.45, 7) is 5.29. The molecule has 1 saturated heterocycles. The van der Waals surface area contributed by atoms with E-state index >= 15 is 0 Å². The van der Waals surface area contributed by atoms with Gasteiger partial charge >= 0.3 is 0 Å². The Morgan fingerprint density at radius 1 is 1.15 bits per heavy atom. The molecular weight excluding hydrogens is 418 g/mol. The third-order valence-corrected chi connectivity index (χ3v) is 6.86. The highest BCUT2D eigenvalue weighted by Crippen LogP contribution is 2.35. The third-order valence-electron chi connectivity index (χ3n) is 6.86. The van der Waals surface area contributed by atoms with Gasteiger partial charge in [-0.2, -0.15) is 0 Å². The van der Waals surface area contributed by atoms with Crippen molar-refractivity contribution >= 4 is 28.6 Å². The minimum absolute atomic E-state index is 0.0432. The summed E-state index contributed by atoms with van der Waals surface area (Å²) in [6.07, 6.45) is 3.45. The molecule has 1 atom stereocenters. The molecule has 1 aromatic carbocycles. The number of aromatic nitrogens is 2. The van der Waals surface area contributed by atoms with Gasteiger partial charge in [-0.15, -0.1) is 0 Å². The minimum atomic E-state index is -0.232. The monoisotopic (exact) mass is 447 g/mol. The van der Waals surface area contributed by atoms with Gasteiger partial charge in [-0.05, 0) is 38.7 Å². The van der Waals surface area contributed by atoms with Gasteiger partial charge in [0.1, 0.15) is 11.4 Å². The average Bonchev–Trinajstić information content (AvgIpc) is 3.19. The van der Waals surface area contributed by atoms with Gasteiger partial charge < -0.3 is 19.5 Å². The van der Waals surface area contributed by atoms with Gasteiger partial charge in [-0.3, -0.25) is 9.59 Å². The first kappa shape index (κ1) is 21.4. The predicted molar refractivity (Wildman–Crippen MR) is 125 cm³/mol. The first-order valence-electron chi connectivity index (χ1n) is 11.6. The standard InChI is InChI=1S/C25H29N5O3/c1-15-17-8-4-5-10-21(17)33-22(15)25(32)30-12-7-6-9-20(30)24-27-19-14-29(16(2)31)13-11-18(19)23(26-3)28-24/h4-5,8,10,20H,6-7,9,11-14H2,1-3H3,(H,26,27,28). The van der Waals surface area contributed by atoms with Gasteiger partial charge in [-0.1, -0.05) is 18.2 Å². The first-order chi connectivity index (χ1) is 16.0. The van der Waals surface area contributed by atoms with Crippen LogP contribution in [0.15, 0.2) is 28.7 Å². The summed E-state index contributed by atoms with van der Waals surface area (Å²) in [7, 11) is 1.85. The lowest BCUT2D eigenvalue weighted by Gasteiger charge is -2.35. The van der Waals surface area contributed by atoms with Gasteiger partial charge in [-0.25, -0.2) is 9.97 Å². The summed E-state index contributed by atoms with van der Waals surface area (Å²) in [6, 6.07) is 7.50. The lowest BCUT2D eigenvalue weighted by molar-refractivity contribution is -0.129. The van der Waals surface area contributed by atoms with Gasteiger partial charge in [0.25, 0.3) is 5.91 Å². The molecule has 3 aromatic rings. The largest absolute Gasteiger partial charge is 0.451 e. The number of piperidine rings is 1. The quantitative estimate of drug-likeness (QED) is 0.656. The van der Waals surface area contributed by atoms with Crippen molar-refractivity contribution in [3.63, 3.8) is 0 Å². The van der Waals surface area contributed by atoms with E-state index in [0.29, 0.717) is 31.2 Å². The normalized spacial score (nSPS) is 18.3. The number of aryl methyl sites for hydroxylation is 1. The highest BCUT2D eigenvalue weighted by Gasteiger charge is 2.35. The van der Waals surface area contributed by atoms with Gasteiger partial charge in [0.15, 0.2) is 11.6 Å². The number of fused-ring (bicyclic) bond motifs is 2. The van der Waals surface area contributed by atoms with Crippen molar-refractivity contribution < 1.29 is 14.0 Å². The molecule has 5 rings (SSSR count). The fourth-order valence-corrected chi connectivity index (χ4v) is 5.03. The SMILES string of the molecule is CNc1nc(C2CCCCN2C(=O)c2oc3ccccc3c2C)nc2c1CCN(C(C)=O)C2. The number of carbonyl (C=O) groups is 2. The lowest BCUT2D eigenvalue weighted by atomic mass is 9.99. The fourth-order valence-electron chi connectivity index (χ4n) is 5.03. The number of furan rings is 1. The summed E-state index contributed by atoms with van der Waals surface area (Å²) in [5, 5.41) is 4.16. The van der Waals surface area contributed by atoms with E-state index in [2.05, 4.69) is 5.32 Å². The van der Waals surface area contributed by atoms with Crippen LogP contribution in [0, 0.1) is 6.92 Å². The van der Waals surface area contributed by atoms with Crippen molar-refractivity contribution in [2.75, 3.05) is 25.5 Å². The van der Waals surface area contributed by atoms with Crippen molar-refractivity contribution in [1.82, 2.24) is 19.8 Å². The van der Waals surface area contributed by atoms with Gasteiger partial charge in [0, 0.05) is 43.6 Å². The maximum Gasteiger partial charge on any atom is 0.290 e. The number of nitrogens with zero attached hydrogens (tertiary/aromatic N) is 4. The van der Waals surface area contributed by atoms with Gasteiger partial charge in [0.2, 0.25) is 5.91 Å². The van der Waals surface area contributed by atoms with E-state index < -0.39 is 0 Å². The minimum Gasteiger partial charge on any atom is -0.451 e. The molecule has 0 radical (unpaired) electrons. The highest BCUT2D eigenvalue weighted by molar-refractivity contribution is 5.99. The summed E-state index contributed by atoms with van der Waals surface area (Å²) in [5.41, 5.74) is 3.50. The zero-order chi connectivity index (χ0) is 23.1. The summed E-state index contributed by atoms with van der Waals surface area (Å²) in [4.78, 5) is 39.0. The molecule has 2 aliphatic heterocycles. The maximum atomic E-state index is 13.7. The van der Waals surface area contributed by atoms with Crippen LogP contribution < -0.4 is 5.32 Å². The van der Waals surface area contributed by atoms with Crippen molar-refractivity contribution in [3.05, 3.63) is 52.7 Å². The van der Waals surface area contributed by atoms with Crippen LogP contribution in [0.4, 0.5) is 5.82 Å². The summed E-state index contributed by atoms with van der Waals surface area (Å²) in [5.74, 6) is 1.73. The molecule has 33 heavy (non-hydrogen) atoms. The molecule has 2 amide bonds. The molecule has 2 aliphatic rings. The second-order valence-electron chi connectivity index (χ2n) is 8.86. The molecule has 2 aromatic heterocycles. The summed E-state index contributed by atoms with van der Waals surface area (Å²) < 4.78 is 5.99. The van der Waals surface area contributed by atoms with Crippen molar-refractivity contribution in [2.24, 2.45) is 0 Å². The van der Waals surface area contributed by atoms with Crippen LogP contribution in [0.2, 0.25) is 0 Å². The topological polar surface area (TPSA) is 91.6 Å². The zero-order valence-corrected chi connectivity index (χ0v) is 19.4. The Balaban J connectivity index is 1.52. The smallest absolute Gasteiger partial charge is 0.290 e. The highest BCUT2D eigenvalue weighted by atomic mass is 16.3. The molecule has 8 nitrogen and oxygen atoms in total. The number of carbonyl (C=O) groups excluding carboxylic acids is 2.